The number of benzene rings is 1. The normalized spacial score (nSPS) is 9.71. The molecule has 1 aromatic carbocycles. The van der Waals surface area contributed by atoms with Gasteiger partial charge in [-0.3, -0.25) is 4.79 Å². The first kappa shape index (κ1) is 11.0. The highest BCUT2D eigenvalue weighted by Crippen LogP contribution is 2.20. The fraction of sp³-hybridized carbons (Fsp3) is 0.167. The number of anilines is 1. The van der Waals surface area contributed by atoms with E-state index in [1.807, 2.05) is 0 Å². The van der Waals surface area contributed by atoms with Crippen LogP contribution < -0.4 is 5.73 Å². The van der Waals surface area contributed by atoms with Gasteiger partial charge in [0.2, 0.25) is 0 Å². The first-order valence-electron chi connectivity index (χ1n) is 4.91. The van der Waals surface area contributed by atoms with Crippen LogP contribution in [0.25, 0.3) is 11.0 Å². The number of hydrogen-bond donors (Lipinski definition) is 1. The Kier molecular flexibility index (Phi) is 2.97. The van der Waals surface area contributed by atoms with Crippen molar-refractivity contribution in [3.8, 4) is 11.8 Å². The Morgan fingerprint density at radius 2 is 2.41 bits per heavy atom. The van der Waals surface area contributed by atoms with Crippen LogP contribution in [0.15, 0.2) is 22.7 Å². The largest absolute Gasteiger partial charge is 0.468 e. The van der Waals surface area contributed by atoms with Crippen molar-refractivity contribution in [2.75, 3.05) is 12.8 Å². The molecule has 2 N–H and O–H groups in total. The maximum Gasteiger partial charge on any atom is 0.317 e. The van der Waals surface area contributed by atoms with Gasteiger partial charge in [-0.25, -0.2) is 0 Å². The lowest BCUT2D eigenvalue weighted by Gasteiger charge is -1.91. The summed E-state index contributed by atoms with van der Waals surface area (Å²) in [5.41, 5.74) is 6.97. The van der Waals surface area contributed by atoms with Gasteiger partial charge >= 0.3 is 5.97 Å². The van der Waals surface area contributed by atoms with Crippen LogP contribution in [0.2, 0.25) is 0 Å². The van der Waals surface area contributed by atoms with Crippen LogP contribution in [0.4, 0.5) is 5.82 Å². The van der Waals surface area contributed by atoms with Crippen molar-refractivity contribution in [3.63, 3.8) is 0 Å². The minimum Gasteiger partial charge on any atom is -0.468 e. The van der Waals surface area contributed by atoms with Gasteiger partial charge in [-0.05, 0) is 18.2 Å². The molecule has 17 heavy (non-hydrogen) atoms. The van der Waals surface area contributed by atoms with E-state index in [4.69, 9.17) is 10.3 Å². The van der Waals surface area contributed by atoms with E-state index in [-0.39, 0.29) is 12.4 Å². The lowest BCUT2D eigenvalue weighted by atomic mass is 10.1. The highest BCUT2D eigenvalue weighted by Gasteiger charge is 2.04. The molecule has 0 atom stereocenters. The molecule has 0 unspecified atom stereocenters. The number of nitrogens with zero attached hydrogens (tertiary/aromatic N) is 1. The topological polar surface area (TPSA) is 78.3 Å². The molecule has 5 nitrogen and oxygen atoms in total. The summed E-state index contributed by atoms with van der Waals surface area (Å²) in [5.74, 6) is 5.53. The number of hydrogen-bond acceptors (Lipinski definition) is 5. The number of rotatable bonds is 1. The maximum absolute atomic E-state index is 10.9. The number of aromatic nitrogens is 1. The van der Waals surface area contributed by atoms with Gasteiger partial charge in [0, 0.05) is 5.56 Å². The van der Waals surface area contributed by atoms with E-state index in [1.54, 1.807) is 18.2 Å². The summed E-state index contributed by atoms with van der Waals surface area (Å²) in [4.78, 5) is 10.9. The molecule has 86 valence electrons. The summed E-state index contributed by atoms with van der Waals surface area (Å²) in [7, 11) is 1.33. The number of methoxy groups -OCH3 is 1. The second-order valence-electron chi connectivity index (χ2n) is 3.33. The quantitative estimate of drug-likeness (QED) is 0.590. The third-order valence-corrected chi connectivity index (χ3v) is 2.19. The molecule has 1 aromatic heterocycles. The molecule has 2 rings (SSSR count). The van der Waals surface area contributed by atoms with E-state index < -0.39 is 0 Å². The number of carbonyl (C=O) groups is 1. The summed E-state index contributed by atoms with van der Waals surface area (Å²) in [6.07, 6.45) is 0.0632. The van der Waals surface area contributed by atoms with Crippen molar-refractivity contribution in [2.45, 2.75) is 6.42 Å². The summed E-state index contributed by atoms with van der Waals surface area (Å²) in [6, 6.07) is 5.28. The van der Waals surface area contributed by atoms with Gasteiger partial charge in [-0.2, -0.15) is 0 Å². The van der Waals surface area contributed by atoms with Crippen molar-refractivity contribution < 1.29 is 14.1 Å². The number of carbonyl (C=O) groups excluding carboxylic acids is 1. The van der Waals surface area contributed by atoms with Gasteiger partial charge < -0.3 is 15.0 Å². The first-order valence-corrected chi connectivity index (χ1v) is 4.91. The zero-order chi connectivity index (χ0) is 12.3. The van der Waals surface area contributed by atoms with E-state index >= 15 is 0 Å². The Labute approximate surface area is 97.5 Å². The standard InChI is InChI=1S/C12H10N2O3/c1-16-11(15)4-2-3-8-5-6-10-9(7-8)12(13)14-17-10/h5-7H,4H2,1H3,(H2,13,14). The zero-order valence-electron chi connectivity index (χ0n) is 9.19. The molecule has 0 saturated heterocycles. The molecule has 2 aromatic rings. The molecular weight excluding hydrogens is 220 g/mol. The van der Waals surface area contributed by atoms with Gasteiger partial charge in [0.15, 0.2) is 11.4 Å². The minimum atomic E-state index is -0.358. The van der Waals surface area contributed by atoms with E-state index in [0.717, 1.165) is 10.9 Å². The van der Waals surface area contributed by atoms with Gasteiger partial charge in [0.1, 0.15) is 6.42 Å². The third-order valence-electron chi connectivity index (χ3n) is 2.19. The van der Waals surface area contributed by atoms with Gasteiger partial charge in [-0.1, -0.05) is 17.0 Å². The van der Waals surface area contributed by atoms with Crippen molar-refractivity contribution in [1.29, 1.82) is 0 Å². The average Bonchev–Trinajstić information content (AvgIpc) is 2.71. The van der Waals surface area contributed by atoms with Crippen molar-refractivity contribution in [1.82, 2.24) is 5.16 Å². The van der Waals surface area contributed by atoms with Crippen LogP contribution in [-0.2, 0) is 9.53 Å². The van der Waals surface area contributed by atoms with Crippen LogP contribution in [0.5, 0.6) is 0 Å². The fourth-order valence-electron chi connectivity index (χ4n) is 1.33. The number of esters is 1. The molecule has 1 heterocycles. The Hall–Kier alpha value is -2.48. The number of nitrogens with two attached hydrogens (primary N) is 1. The summed E-state index contributed by atoms with van der Waals surface area (Å²) >= 11 is 0. The first-order chi connectivity index (χ1) is 8.20. The second-order valence-corrected chi connectivity index (χ2v) is 3.33. The Balaban J connectivity index is 2.24. The molecule has 0 amide bonds. The van der Waals surface area contributed by atoms with Gasteiger partial charge in [0.05, 0.1) is 12.5 Å². The number of ether oxygens (including phenoxy) is 1. The summed E-state index contributed by atoms with van der Waals surface area (Å²) < 4.78 is 9.45. The molecule has 5 heteroatoms. The highest BCUT2D eigenvalue weighted by atomic mass is 16.5. The monoisotopic (exact) mass is 230 g/mol. The lowest BCUT2D eigenvalue weighted by molar-refractivity contribution is -0.139. The fourth-order valence-corrected chi connectivity index (χ4v) is 1.33. The molecule has 0 spiro atoms. The molecule has 0 aliphatic heterocycles. The molecular formula is C12H10N2O3. The molecule has 0 bridgehead atoms. The van der Waals surface area contributed by atoms with Gasteiger partial charge in [-0.15, -0.1) is 0 Å². The summed E-state index contributed by atoms with van der Waals surface area (Å²) in [5, 5.41) is 4.36. The summed E-state index contributed by atoms with van der Waals surface area (Å²) in [6.45, 7) is 0. The number of nitrogen functional groups attached to an aromatic ring is 1. The molecule has 0 radical (unpaired) electrons. The average molecular weight is 230 g/mol. The Morgan fingerprint density at radius 1 is 1.59 bits per heavy atom. The highest BCUT2D eigenvalue weighted by molar-refractivity contribution is 5.88. The zero-order valence-corrected chi connectivity index (χ0v) is 9.19. The predicted octanol–water partition coefficient (Wildman–Crippen LogP) is 1.32. The molecule has 0 fully saturated rings. The van der Waals surface area contributed by atoms with E-state index in [2.05, 4.69) is 21.7 Å². The van der Waals surface area contributed by atoms with E-state index in [1.165, 1.54) is 7.11 Å². The maximum atomic E-state index is 10.9. The van der Waals surface area contributed by atoms with Crippen molar-refractivity contribution >= 4 is 22.8 Å². The minimum absolute atomic E-state index is 0.0632. The van der Waals surface area contributed by atoms with Crippen molar-refractivity contribution in [3.05, 3.63) is 23.8 Å². The predicted molar refractivity (Wildman–Crippen MR) is 61.9 cm³/mol. The Morgan fingerprint density at radius 3 is 3.18 bits per heavy atom. The van der Waals surface area contributed by atoms with Crippen LogP contribution in [0, 0.1) is 11.8 Å². The van der Waals surface area contributed by atoms with Crippen molar-refractivity contribution in [2.24, 2.45) is 0 Å². The molecule has 0 saturated carbocycles. The van der Waals surface area contributed by atoms with Gasteiger partial charge in [0.25, 0.3) is 0 Å². The van der Waals surface area contributed by atoms with Crippen LogP contribution in [0.3, 0.4) is 0 Å². The SMILES string of the molecule is COC(=O)CC#Cc1ccc2onc(N)c2c1. The van der Waals surface area contributed by atoms with Crippen LogP contribution in [0.1, 0.15) is 12.0 Å². The third kappa shape index (κ3) is 2.37. The van der Waals surface area contributed by atoms with Crippen LogP contribution >= 0.6 is 0 Å². The molecule has 0 aliphatic carbocycles. The van der Waals surface area contributed by atoms with Crippen LogP contribution in [-0.4, -0.2) is 18.2 Å². The van der Waals surface area contributed by atoms with E-state index in [0.29, 0.717) is 11.4 Å². The van der Waals surface area contributed by atoms with E-state index in [9.17, 15) is 4.79 Å². The Bertz CT molecular complexity index is 619. The smallest absolute Gasteiger partial charge is 0.317 e. The lowest BCUT2D eigenvalue weighted by Crippen LogP contribution is -1.96. The number of fused-ring (bicyclic) bond motifs is 1. The second kappa shape index (κ2) is 4.58. The molecule has 0 aliphatic rings.